The molecular weight excluding hydrogens is 647 g/mol. The molecule has 0 unspecified atom stereocenters. The Bertz CT molecular complexity index is 1490. The molecule has 6 N–H and O–H groups in total. The Morgan fingerprint density at radius 1 is 1.23 bits per heavy atom. The largest absolute Gasteiger partial charge is 0.427 e. The number of fused-ring (bicyclic) bond motifs is 1. The number of thioether (sulfide) groups is 1. The van der Waals surface area contributed by atoms with Crippen LogP contribution in [0.2, 0.25) is 0 Å². The summed E-state index contributed by atoms with van der Waals surface area (Å²) < 4.78 is 10.2. The zero-order valence-electron chi connectivity index (χ0n) is 22.9. The quantitative estimate of drug-likeness (QED) is 0.0780. The van der Waals surface area contributed by atoms with Gasteiger partial charge >= 0.3 is 11.9 Å². The molecule has 2 aliphatic heterocycles. The fourth-order valence-corrected chi connectivity index (χ4v) is 5.54. The average Bonchev–Trinajstić information content (AvgIpc) is 3.35. The first-order chi connectivity index (χ1) is 19.4. The molecule has 15 nitrogen and oxygen atoms in total. The van der Waals surface area contributed by atoms with E-state index in [1.165, 1.54) is 34.6 Å². The topological polar surface area (TPSA) is 225 Å². The van der Waals surface area contributed by atoms with Gasteiger partial charge in [-0.1, -0.05) is 11.2 Å². The zero-order chi connectivity index (χ0) is 29.9. The lowest BCUT2D eigenvalue weighted by Crippen LogP contribution is -2.71. The lowest BCUT2D eigenvalue weighted by atomic mass is 9.98. The molecule has 1 saturated heterocycles. The summed E-state index contributed by atoms with van der Waals surface area (Å²) in [6.07, 6.45) is 5.95. The first kappa shape index (κ1) is 35.3. The summed E-state index contributed by atoms with van der Waals surface area (Å²) in [5.41, 5.74) is 11.1. The second kappa shape index (κ2) is 14.5. The summed E-state index contributed by atoms with van der Waals surface area (Å²) in [7, 11) is 0. The van der Waals surface area contributed by atoms with Crippen LogP contribution in [0.3, 0.4) is 0 Å². The van der Waals surface area contributed by atoms with E-state index in [2.05, 4.69) is 25.4 Å². The molecule has 2 amide bonds. The van der Waals surface area contributed by atoms with Crippen LogP contribution in [0, 0.1) is 5.41 Å². The standard InChI is InChI=1S/C24H26N8O7S2.2ClH/c1-24(2,3)22(36)39-10-38-21(35)16-12(5-4-11-6-27-9-28-17(11)25)7-40-20-15(19(34)32(16)20)30-18(33)14(31-37)13-8-41-23(26)29-13;;/h4-6,8-9,15,20,37H,7,10H2,1-3H3,(H2,26,29)(H,30,33)(H2,25,27,28);2*1H/b5-4+,31-14-;;/t15-,20-;;/m1../s1. The number of β-lactam (4-membered cyclic amide) rings is 1. The molecule has 0 spiro atoms. The Morgan fingerprint density at radius 3 is 2.56 bits per heavy atom. The number of nitrogens with zero attached hydrogens (tertiary/aromatic N) is 5. The second-order valence-electron chi connectivity index (χ2n) is 9.68. The van der Waals surface area contributed by atoms with Crippen molar-refractivity contribution in [3.8, 4) is 0 Å². The Kier molecular flexibility index (Phi) is 11.9. The van der Waals surface area contributed by atoms with E-state index in [1.54, 1.807) is 32.9 Å². The highest BCUT2D eigenvalue weighted by Gasteiger charge is 2.54. The lowest BCUT2D eigenvalue weighted by Gasteiger charge is -2.49. The van der Waals surface area contributed by atoms with Crippen LogP contribution >= 0.6 is 47.9 Å². The molecule has 2 aliphatic rings. The fourth-order valence-electron chi connectivity index (χ4n) is 3.67. The number of anilines is 2. The lowest BCUT2D eigenvalue weighted by molar-refractivity contribution is -0.173. The minimum Gasteiger partial charge on any atom is -0.427 e. The van der Waals surface area contributed by atoms with Gasteiger partial charge in [-0.25, -0.2) is 19.7 Å². The van der Waals surface area contributed by atoms with Crippen LogP contribution < -0.4 is 16.8 Å². The van der Waals surface area contributed by atoms with E-state index in [-0.39, 0.29) is 52.9 Å². The molecule has 0 radical (unpaired) electrons. The monoisotopic (exact) mass is 674 g/mol. The predicted octanol–water partition coefficient (Wildman–Crippen LogP) is 1.58. The van der Waals surface area contributed by atoms with E-state index in [0.29, 0.717) is 11.1 Å². The van der Waals surface area contributed by atoms with Gasteiger partial charge in [0.1, 0.15) is 35.0 Å². The normalized spacial score (nSPS) is 18.2. The molecule has 1 fully saturated rings. The van der Waals surface area contributed by atoms with E-state index in [9.17, 15) is 24.4 Å². The van der Waals surface area contributed by atoms with Crippen molar-refractivity contribution in [3.05, 3.63) is 46.5 Å². The fraction of sp³-hybridized carbons (Fsp3) is 0.333. The molecule has 2 aromatic heterocycles. The number of thiazole rings is 1. The minimum absolute atomic E-state index is 0. The van der Waals surface area contributed by atoms with Crippen LogP contribution in [0.4, 0.5) is 10.9 Å². The number of halogens is 2. The Labute approximate surface area is 266 Å². The molecule has 0 aromatic carbocycles. The van der Waals surface area contributed by atoms with Crippen molar-refractivity contribution in [2.24, 2.45) is 10.6 Å². The number of amides is 2. The summed E-state index contributed by atoms with van der Waals surface area (Å²) in [6, 6.07) is -1.05. The van der Waals surface area contributed by atoms with Gasteiger partial charge in [0.25, 0.3) is 11.8 Å². The number of carbonyl (C=O) groups is 4. The minimum atomic E-state index is -1.05. The van der Waals surface area contributed by atoms with Crippen molar-refractivity contribution >= 4 is 94.4 Å². The van der Waals surface area contributed by atoms with Gasteiger partial charge in [-0.2, -0.15) is 0 Å². The van der Waals surface area contributed by atoms with E-state index < -0.39 is 53.1 Å². The molecule has 43 heavy (non-hydrogen) atoms. The summed E-state index contributed by atoms with van der Waals surface area (Å²) in [4.78, 5) is 64.3. The number of hydrogen-bond acceptors (Lipinski definition) is 15. The number of allylic oxidation sites excluding steroid dienone is 1. The van der Waals surface area contributed by atoms with Crippen LogP contribution in [0.25, 0.3) is 6.08 Å². The van der Waals surface area contributed by atoms with Crippen LogP contribution in [0.1, 0.15) is 32.0 Å². The van der Waals surface area contributed by atoms with Crippen molar-refractivity contribution < 1.29 is 33.9 Å². The van der Waals surface area contributed by atoms with Crippen LogP contribution in [0.15, 0.2) is 40.4 Å². The van der Waals surface area contributed by atoms with Crippen molar-refractivity contribution in [1.29, 1.82) is 0 Å². The van der Waals surface area contributed by atoms with Crippen molar-refractivity contribution in [3.63, 3.8) is 0 Å². The van der Waals surface area contributed by atoms with Gasteiger partial charge in [-0.15, -0.1) is 47.9 Å². The number of nitrogens with two attached hydrogens (primary N) is 2. The highest BCUT2D eigenvalue weighted by atomic mass is 35.5. The Balaban J connectivity index is 0.00000323. The summed E-state index contributed by atoms with van der Waals surface area (Å²) in [5.74, 6) is -2.52. The highest BCUT2D eigenvalue weighted by molar-refractivity contribution is 8.00. The predicted molar refractivity (Wildman–Crippen MR) is 163 cm³/mol. The molecule has 232 valence electrons. The van der Waals surface area contributed by atoms with E-state index in [4.69, 9.17) is 20.9 Å². The highest BCUT2D eigenvalue weighted by Crippen LogP contribution is 2.41. The van der Waals surface area contributed by atoms with Crippen molar-refractivity contribution in [1.82, 2.24) is 25.2 Å². The third kappa shape index (κ3) is 7.73. The van der Waals surface area contributed by atoms with Crippen molar-refractivity contribution in [2.75, 3.05) is 24.0 Å². The number of rotatable bonds is 8. The number of nitrogen functional groups attached to an aromatic ring is 2. The number of carbonyl (C=O) groups excluding carboxylic acids is 4. The maximum absolute atomic E-state index is 13.3. The zero-order valence-corrected chi connectivity index (χ0v) is 26.1. The number of oxime groups is 1. The SMILES string of the molecule is CC(C)(C)C(=O)OCOC(=O)C1=C(/C=C/c2cncnc2N)CS[C@@H]2[C@H](NC(=O)/C(=N\O)c3csc(N)n3)C(=O)N12.Cl.Cl. The molecule has 4 rings (SSSR count). The van der Waals surface area contributed by atoms with E-state index in [1.807, 2.05) is 0 Å². The first-order valence-corrected chi connectivity index (χ1v) is 13.8. The number of nitrogens with one attached hydrogen (secondary N) is 1. The third-order valence-corrected chi connectivity index (χ3v) is 7.76. The van der Waals surface area contributed by atoms with Gasteiger partial charge < -0.3 is 31.5 Å². The molecule has 0 saturated carbocycles. The van der Waals surface area contributed by atoms with Crippen LogP contribution in [-0.4, -0.2) is 78.5 Å². The molecular formula is C24H28Cl2N8O7S2. The van der Waals surface area contributed by atoms with Gasteiger partial charge in [0.2, 0.25) is 6.79 Å². The molecule has 0 aliphatic carbocycles. The Hall–Kier alpha value is -3.93. The smallest absolute Gasteiger partial charge is 0.358 e. The van der Waals surface area contributed by atoms with Gasteiger partial charge in [0.05, 0.1) is 5.41 Å². The average molecular weight is 676 g/mol. The summed E-state index contributed by atoms with van der Waals surface area (Å²) in [5, 5.41) is 15.8. The van der Waals surface area contributed by atoms with Crippen LogP contribution in [-0.2, 0) is 28.7 Å². The molecule has 2 aromatic rings. The summed E-state index contributed by atoms with van der Waals surface area (Å²) in [6.45, 7) is 4.28. The second-order valence-corrected chi connectivity index (χ2v) is 11.7. The first-order valence-electron chi connectivity index (χ1n) is 11.9. The van der Waals surface area contributed by atoms with Gasteiger partial charge in [0.15, 0.2) is 10.8 Å². The summed E-state index contributed by atoms with van der Waals surface area (Å²) >= 11 is 2.32. The third-order valence-electron chi connectivity index (χ3n) is 5.79. The van der Waals surface area contributed by atoms with Crippen molar-refractivity contribution in [2.45, 2.75) is 32.2 Å². The van der Waals surface area contributed by atoms with Crippen LogP contribution in [0.5, 0.6) is 0 Å². The van der Waals surface area contributed by atoms with Gasteiger partial charge in [-0.3, -0.25) is 19.3 Å². The van der Waals surface area contributed by atoms with Gasteiger partial charge in [-0.05, 0) is 32.4 Å². The number of ether oxygens (including phenoxy) is 2. The molecule has 0 bridgehead atoms. The molecule has 2 atom stereocenters. The van der Waals surface area contributed by atoms with E-state index in [0.717, 1.165) is 11.3 Å². The van der Waals surface area contributed by atoms with Gasteiger partial charge in [0, 0.05) is 22.9 Å². The number of aromatic nitrogens is 3. The van der Waals surface area contributed by atoms with E-state index >= 15 is 0 Å². The Morgan fingerprint density at radius 2 is 1.95 bits per heavy atom. The molecule has 4 heterocycles. The number of esters is 2. The number of hydrogen-bond donors (Lipinski definition) is 4. The maximum atomic E-state index is 13.3. The maximum Gasteiger partial charge on any atom is 0.358 e. The molecule has 19 heteroatoms.